The molecule has 0 spiro atoms. The lowest BCUT2D eigenvalue weighted by molar-refractivity contribution is 0.804. The van der Waals surface area contributed by atoms with Crippen LogP contribution in [0.25, 0.3) is 10.9 Å². The number of hydrogen-bond acceptors (Lipinski definition) is 6. The van der Waals surface area contributed by atoms with Crippen LogP contribution in [0.2, 0.25) is 5.02 Å². The summed E-state index contributed by atoms with van der Waals surface area (Å²) in [7, 11) is 0. The Kier molecular flexibility index (Phi) is 4.80. The fraction of sp³-hybridized carbons (Fsp3) is 0.353. The van der Waals surface area contributed by atoms with Crippen LogP contribution in [0, 0.1) is 6.92 Å². The van der Waals surface area contributed by atoms with Gasteiger partial charge in [-0.2, -0.15) is 4.37 Å². The number of rotatable bonds is 2. The predicted octanol–water partition coefficient (Wildman–Crippen LogP) is 4.53. The van der Waals surface area contributed by atoms with Gasteiger partial charge in [0.2, 0.25) is 5.13 Å². The van der Waals surface area contributed by atoms with Crippen LogP contribution < -0.4 is 9.80 Å². The van der Waals surface area contributed by atoms with Crippen molar-refractivity contribution >= 4 is 60.8 Å². The lowest BCUT2D eigenvalue weighted by atomic mass is 10.1. The molecule has 0 aliphatic carbocycles. The van der Waals surface area contributed by atoms with Crippen LogP contribution in [0.15, 0.2) is 28.9 Å². The Bertz CT molecular complexity index is 915. The molecule has 25 heavy (non-hydrogen) atoms. The van der Waals surface area contributed by atoms with Gasteiger partial charge in [0, 0.05) is 59.5 Å². The van der Waals surface area contributed by atoms with Crippen molar-refractivity contribution in [1.82, 2.24) is 14.3 Å². The molecule has 0 radical (unpaired) electrons. The molecule has 1 aliphatic heterocycles. The smallest absolute Gasteiger partial charge is 0.205 e. The SMILES string of the molecule is Cc1nsc(N2CCCN(c3ccnc4c(Cl)cc(Br)cc34)CC2)n1. The quantitative estimate of drug-likeness (QED) is 0.588. The van der Waals surface area contributed by atoms with Gasteiger partial charge in [0.1, 0.15) is 5.82 Å². The molecule has 4 rings (SSSR count). The van der Waals surface area contributed by atoms with Crippen molar-refractivity contribution < 1.29 is 0 Å². The first-order valence-electron chi connectivity index (χ1n) is 8.16. The van der Waals surface area contributed by atoms with Crippen molar-refractivity contribution in [3.63, 3.8) is 0 Å². The molecule has 3 aromatic rings. The van der Waals surface area contributed by atoms with E-state index in [1.165, 1.54) is 17.2 Å². The molecule has 0 atom stereocenters. The number of anilines is 2. The maximum absolute atomic E-state index is 6.38. The third-order valence-electron chi connectivity index (χ3n) is 4.36. The van der Waals surface area contributed by atoms with Crippen molar-refractivity contribution in [2.24, 2.45) is 0 Å². The van der Waals surface area contributed by atoms with Crippen LogP contribution in [-0.2, 0) is 0 Å². The van der Waals surface area contributed by atoms with Crippen LogP contribution in [0.3, 0.4) is 0 Å². The molecule has 2 aromatic heterocycles. The molecule has 0 saturated carbocycles. The van der Waals surface area contributed by atoms with Gasteiger partial charge in [-0.1, -0.05) is 27.5 Å². The predicted molar refractivity (Wildman–Crippen MR) is 108 cm³/mol. The molecule has 0 amide bonds. The van der Waals surface area contributed by atoms with Crippen LogP contribution in [0.1, 0.15) is 12.2 Å². The van der Waals surface area contributed by atoms with Gasteiger partial charge < -0.3 is 9.80 Å². The van der Waals surface area contributed by atoms with Crippen molar-refractivity contribution in [2.45, 2.75) is 13.3 Å². The van der Waals surface area contributed by atoms with Crippen molar-refractivity contribution in [3.05, 3.63) is 39.7 Å². The normalized spacial score (nSPS) is 15.6. The minimum Gasteiger partial charge on any atom is -0.369 e. The van der Waals surface area contributed by atoms with Crippen LogP contribution in [-0.4, -0.2) is 40.5 Å². The molecule has 130 valence electrons. The van der Waals surface area contributed by atoms with Gasteiger partial charge >= 0.3 is 0 Å². The van der Waals surface area contributed by atoms with E-state index in [1.807, 2.05) is 19.2 Å². The van der Waals surface area contributed by atoms with E-state index < -0.39 is 0 Å². The first-order chi connectivity index (χ1) is 12.1. The van der Waals surface area contributed by atoms with Crippen LogP contribution in [0.4, 0.5) is 10.8 Å². The molecule has 1 saturated heterocycles. The number of halogens is 2. The summed E-state index contributed by atoms with van der Waals surface area (Å²) >= 11 is 11.4. The average Bonchev–Trinajstić information content (AvgIpc) is 2.88. The first-order valence-corrected chi connectivity index (χ1v) is 10.1. The Morgan fingerprint density at radius 1 is 1.16 bits per heavy atom. The van der Waals surface area contributed by atoms with E-state index in [9.17, 15) is 0 Å². The number of aryl methyl sites for hydroxylation is 1. The number of hydrogen-bond donors (Lipinski definition) is 0. The summed E-state index contributed by atoms with van der Waals surface area (Å²) < 4.78 is 5.28. The Morgan fingerprint density at radius 3 is 2.76 bits per heavy atom. The second kappa shape index (κ2) is 7.05. The number of nitrogens with zero attached hydrogens (tertiary/aromatic N) is 5. The maximum Gasteiger partial charge on any atom is 0.205 e. The van der Waals surface area contributed by atoms with Crippen LogP contribution in [0.5, 0.6) is 0 Å². The molecule has 1 aliphatic rings. The van der Waals surface area contributed by atoms with Gasteiger partial charge in [0.25, 0.3) is 0 Å². The van der Waals surface area contributed by atoms with Crippen LogP contribution >= 0.6 is 39.1 Å². The van der Waals surface area contributed by atoms with E-state index in [4.69, 9.17) is 11.6 Å². The highest BCUT2D eigenvalue weighted by Crippen LogP contribution is 2.33. The summed E-state index contributed by atoms with van der Waals surface area (Å²) in [6.07, 6.45) is 2.92. The Morgan fingerprint density at radius 2 is 1.96 bits per heavy atom. The highest BCUT2D eigenvalue weighted by molar-refractivity contribution is 9.10. The highest BCUT2D eigenvalue weighted by atomic mass is 79.9. The molecule has 0 unspecified atom stereocenters. The van der Waals surface area contributed by atoms with Gasteiger partial charge in [0.05, 0.1) is 10.5 Å². The Hall–Kier alpha value is -1.44. The molecule has 0 bridgehead atoms. The highest BCUT2D eigenvalue weighted by Gasteiger charge is 2.20. The van der Waals surface area contributed by atoms with Gasteiger partial charge in [0.15, 0.2) is 0 Å². The zero-order valence-corrected chi connectivity index (χ0v) is 16.9. The second-order valence-electron chi connectivity index (χ2n) is 6.07. The van der Waals surface area contributed by atoms with E-state index in [0.717, 1.165) is 58.9 Å². The van der Waals surface area contributed by atoms with Gasteiger partial charge in [-0.3, -0.25) is 4.98 Å². The first kappa shape index (κ1) is 17.0. The Balaban J connectivity index is 1.63. The fourth-order valence-electron chi connectivity index (χ4n) is 3.20. The molecule has 0 N–H and O–H groups in total. The van der Waals surface area contributed by atoms with Gasteiger partial charge in [-0.25, -0.2) is 4.98 Å². The van der Waals surface area contributed by atoms with Gasteiger partial charge in [-0.05, 0) is 31.5 Å². The van der Waals surface area contributed by atoms with E-state index in [2.05, 4.69) is 52.2 Å². The zero-order chi connectivity index (χ0) is 17.4. The lowest BCUT2D eigenvalue weighted by Crippen LogP contribution is -2.30. The topological polar surface area (TPSA) is 45.2 Å². The molecule has 1 fully saturated rings. The third-order valence-corrected chi connectivity index (χ3v) is 5.98. The summed E-state index contributed by atoms with van der Waals surface area (Å²) in [4.78, 5) is 13.7. The van der Waals surface area contributed by atoms with E-state index in [1.54, 1.807) is 0 Å². The monoisotopic (exact) mass is 437 g/mol. The van der Waals surface area contributed by atoms with E-state index in [-0.39, 0.29) is 0 Å². The minimum atomic E-state index is 0.673. The summed E-state index contributed by atoms with van der Waals surface area (Å²) in [5.41, 5.74) is 2.03. The molecule has 1 aromatic carbocycles. The average molecular weight is 439 g/mol. The molecule has 3 heterocycles. The Labute approximate surface area is 163 Å². The number of pyridine rings is 1. The van der Waals surface area contributed by atoms with Crippen molar-refractivity contribution in [3.8, 4) is 0 Å². The zero-order valence-electron chi connectivity index (χ0n) is 13.7. The van der Waals surface area contributed by atoms with Crippen molar-refractivity contribution in [1.29, 1.82) is 0 Å². The maximum atomic E-state index is 6.38. The second-order valence-corrected chi connectivity index (χ2v) is 8.12. The van der Waals surface area contributed by atoms with E-state index >= 15 is 0 Å². The molecule has 5 nitrogen and oxygen atoms in total. The van der Waals surface area contributed by atoms with Gasteiger partial charge in [-0.15, -0.1) is 0 Å². The summed E-state index contributed by atoms with van der Waals surface area (Å²) in [6, 6.07) is 6.07. The minimum absolute atomic E-state index is 0.673. The number of fused-ring (bicyclic) bond motifs is 1. The number of aromatic nitrogens is 3. The van der Waals surface area contributed by atoms with Crippen molar-refractivity contribution in [2.75, 3.05) is 36.0 Å². The lowest BCUT2D eigenvalue weighted by Gasteiger charge is -2.24. The summed E-state index contributed by atoms with van der Waals surface area (Å²) in [5.74, 6) is 0.848. The summed E-state index contributed by atoms with van der Waals surface area (Å²) in [6.45, 7) is 5.80. The fourth-order valence-corrected chi connectivity index (χ4v) is 4.79. The molecule has 8 heteroatoms. The summed E-state index contributed by atoms with van der Waals surface area (Å²) in [5, 5.41) is 2.78. The third kappa shape index (κ3) is 3.45. The van der Waals surface area contributed by atoms with E-state index in [0.29, 0.717) is 5.02 Å². The number of benzene rings is 1. The molecular formula is C17H17BrClN5S. The molecular weight excluding hydrogens is 422 g/mol. The standard InChI is InChI=1S/C17H17BrClN5S/c1-11-21-17(25-22-11)24-6-2-5-23(7-8-24)15-3-4-20-16-13(15)9-12(18)10-14(16)19/h3-4,9-10H,2,5-8H2,1H3. The largest absolute Gasteiger partial charge is 0.369 e.